The van der Waals surface area contributed by atoms with E-state index in [9.17, 15) is 14.0 Å². The van der Waals surface area contributed by atoms with Crippen molar-refractivity contribution in [2.75, 3.05) is 18.0 Å². The van der Waals surface area contributed by atoms with Gasteiger partial charge < -0.3 is 15.0 Å². The van der Waals surface area contributed by atoms with Crippen molar-refractivity contribution in [1.29, 1.82) is 0 Å². The monoisotopic (exact) mass is 424 g/mol. The zero-order valence-corrected chi connectivity index (χ0v) is 17.5. The molecule has 1 saturated heterocycles. The fraction of sp³-hybridized carbons (Fsp3) is 0.348. The van der Waals surface area contributed by atoms with E-state index in [2.05, 4.69) is 10.4 Å². The summed E-state index contributed by atoms with van der Waals surface area (Å²) in [5, 5.41) is 7.36. The predicted molar refractivity (Wildman–Crippen MR) is 116 cm³/mol. The van der Waals surface area contributed by atoms with Crippen LogP contribution in [0.15, 0.2) is 53.5 Å². The third kappa shape index (κ3) is 4.74. The van der Waals surface area contributed by atoms with Crippen molar-refractivity contribution >= 4 is 22.5 Å². The number of hydrogen-bond donors (Lipinski definition) is 1. The highest BCUT2D eigenvalue weighted by Crippen LogP contribution is 2.24. The zero-order chi connectivity index (χ0) is 22.0. The molecule has 3 aromatic rings. The Morgan fingerprint density at radius 2 is 1.94 bits per heavy atom. The van der Waals surface area contributed by atoms with Gasteiger partial charge in [-0.05, 0) is 43.7 Å². The number of nitrogens with one attached hydrogen (secondary N) is 1. The van der Waals surface area contributed by atoms with E-state index in [1.165, 1.54) is 16.9 Å². The quantitative estimate of drug-likeness (QED) is 0.681. The number of ether oxygens (including phenoxy) is 1. The number of anilines is 1. The number of nitrogens with zero attached hydrogens (tertiary/aromatic N) is 3. The molecule has 2 aromatic carbocycles. The van der Waals surface area contributed by atoms with Crippen LogP contribution in [0.1, 0.15) is 19.4 Å². The summed E-state index contributed by atoms with van der Waals surface area (Å²) in [5.74, 6) is -0.595. The molecular weight excluding hydrogens is 399 g/mol. The first kappa shape index (κ1) is 21.0. The highest BCUT2D eigenvalue weighted by Gasteiger charge is 2.24. The van der Waals surface area contributed by atoms with E-state index in [0.717, 1.165) is 0 Å². The number of hydrogen-bond acceptors (Lipinski definition) is 5. The number of benzene rings is 2. The van der Waals surface area contributed by atoms with Gasteiger partial charge in [0.05, 0.1) is 29.6 Å². The summed E-state index contributed by atoms with van der Waals surface area (Å²) in [5.41, 5.74) is 1.61. The van der Waals surface area contributed by atoms with Crippen molar-refractivity contribution in [1.82, 2.24) is 15.1 Å². The highest BCUT2D eigenvalue weighted by molar-refractivity contribution is 5.81. The second-order valence-corrected chi connectivity index (χ2v) is 7.91. The molecule has 1 aromatic heterocycles. The molecule has 0 bridgehead atoms. The average molecular weight is 424 g/mol. The maximum absolute atomic E-state index is 14.7. The molecule has 1 aliphatic heterocycles. The maximum Gasteiger partial charge on any atom is 0.242 e. The molecule has 1 fully saturated rings. The molecule has 2 atom stereocenters. The van der Waals surface area contributed by atoms with Crippen molar-refractivity contribution in [3.8, 4) is 0 Å². The molecule has 0 aliphatic carbocycles. The summed E-state index contributed by atoms with van der Waals surface area (Å²) < 4.78 is 21.9. The van der Waals surface area contributed by atoms with Gasteiger partial charge in [-0.2, -0.15) is 5.10 Å². The van der Waals surface area contributed by atoms with Crippen LogP contribution in [-0.2, 0) is 22.6 Å². The van der Waals surface area contributed by atoms with E-state index in [-0.39, 0.29) is 42.5 Å². The summed E-state index contributed by atoms with van der Waals surface area (Å²) in [6.07, 6.45) is 1.29. The number of morpholine rings is 1. The van der Waals surface area contributed by atoms with Crippen LogP contribution in [-0.4, -0.2) is 41.0 Å². The van der Waals surface area contributed by atoms with Gasteiger partial charge in [0.1, 0.15) is 12.4 Å². The van der Waals surface area contributed by atoms with E-state index in [1.54, 1.807) is 30.3 Å². The number of aromatic nitrogens is 2. The largest absolute Gasteiger partial charge is 0.372 e. The molecule has 4 rings (SSSR count). The molecule has 31 heavy (non-hydrogen) atoms. The van der Waals surface area contributed by atoms with Crippen LogP contribution in [0.3, 0.4) is 0 Å². The standard InChI is InChI=1S/C23H25FN4O3/c1-15-12-27(13-16(2)31-15)21-8-7-17(9-19(21)24)10-25-23(30)14-28-20-6-4-3-5-18(20)22(29)11-26-28/h3-9,11,15-16H,10,12-14H2,1-2H3,(H,25,30). The van der Waals surface area contributed by atoms with Crippen LogP contribution in [0.4, 0.5) is 10.1 Å². The molecule has 162 valence electrons. The molecule has 1 N–H and O–H groups in total. The van der Waals surface area contributed by atoms with Crippen LogP contribution >= 0.6 is 0 Å². The minimum atomic E-state index is -0.318. The van der Waals surface area contributed by atoms with Crippen molar-refractivity contribution in [3.05, 3.63) is 70.3 Å². The van der Waals surface area contributed by atoms with Gasteiger partial charge in [-0.3, -0.25) is 14.3 Å². The summed E-state index contributed by atoms with van der Waals surface area (Å²) >= 11 is 0. The van der Waals surface area contributed by atoms with Gasteiger partial charge in [-0.1, -0.05) is 18.2 Å². The number of amides is 1. The fourth-order valence-electron chi connectivity index (χ4n) is 3.97. The van der Waals surface area contributed by atoms with Gasteiger partial charge in [0.15, 0.2) is 0 Å². The number of carbonyl (C=O) groups is 1. The highest BCUT2D eigenvalue weighted by atomic mass is 19.1. The number of halogens is 1. The topological polar surface area (TPSA) is 76.5 Å². The maximum atomic E-state index is 14.7. The first-order chi connectivity index (χ1) is 14.9. The van der Waals surface area contributed by atoms with Gasteiger partial charge in [0, 0.05) is 25.0 Å². The van der Waals surface area contributed by atoms with Gasteiger partial charge in [0.25, 0.3) is 0 Å². The Bertz CT molecular complexity index is 1150. The van der Waals surface area contributed by atoms with E-state index < -0.39 is 0 Å². The molecular formula is C23H25FN4O3. The van der Waals surface area contributed by atoms with Crippen LogP contribution in [0.25, 0.3) is 10.9 Å². The summed E-state index contributed by atoms with van der Waals surface area (Å²) in [6.45, 7) is 5.39. The van der Waals surface area contributed by atoms with E-state index in [4.69, 9.17) is 4.74 Å². The molecule has 2 heterocycles. The van der Waals surface area contributed by atoms with Gasteiger partial charge in [-0.15, -0.1) is 0 Å². The van der Waals surface area contributed by atoms with Crippen molar-refractivity contribution in [2.45, 2.75) is 39.1 Å². The molecule has 8 heteroatoms. The number of carbonyl (C=O) groups excluding carboxylic acids is 1. The second-order valence-electron chi connectivity index (χ2n) is 7.91. The smallest absolute Gasteiger partial charge is 0.242 e. The van der Waals surface area contributed by atoms with Crippen molar-refractivity contribution < 1.29 is 13.9 Å². The van der Waals surface area contributed by atoms with Crippen LogP contribution < -0.4 is 15.6 Å². The van der Waals surface area contributed by atoms with E-state index in [1.807, 2.05) is 24.8 Å². The molecule has 0 spiro atoms. The summed E-state index contributed by atoms with van der Waals surface area (Å²) in [4.78, 5) is 26.3. The molecule has 1 aliphatic rings. The van der Waals surface area contributed by atoms with Crippen LogP contribution in [0.2, 0.25) is 0 Å². The summed E-state index contributed by atoms with van der Waals surface area (Å²) in [7, 11) is 0. The second kappa shape index (κ2) is 8.85. The Morgan fingerprint density at radius 3 is 2.68 bits per heavy atom. The van der Waals surface area contributed by atoms with Gasteiger partial charge >= 0.3 is 0 Å². The lowest BCUT2D eigenvalue weighted by Gasteiger charge is -2.37. The Morgan fingerprint density at radius 1 is 1.19 bits per heavy atom. The molecule has 0 radical (unpaired) electrons. The van der Waals surface area contributed by atoms with Gasteiger partial charge in [-0.25, -0.2) is 4.39 Å². The Balaban J connectivity index is 1.41. The zero-order valence-electron chi connectivity index (χ0n) is 17.5. The average Bonchev–Trinajstić information content (AvgIpc) is 2.74. The van der Waals surface area contributed by atoms with Gasteiger partial charge in [0.2, 0.25) is 11.3 Å². The predicted octanol–water partition coefficient (Wildman–Crippen LogP) is 2.47. The SMILES string of the molecule is CC1CN(c2ccc(CNC(=O)Cn3ncc(=O)c4ccccc43)cc2F)CC(C)O1. The van der Waals surface area contributed by atoms with Crippen molar-refractivity contribution in [3.63, 3.8) is 0 Å². The molecule has 1 amide bonds. The Kier molecular flexibility index (Phi) is 5.99. The van der Waals surface area contributed by atoms with Crippen LogP contribution in [0, 0.1) is 5.82 Å². The minimum absolute atomic E-state index is 0.0368. The Labute approximate surface area is 179 Å². The molecule has 7 nitrogen and oxygen atoms in total. The molecule has 2 unspecified atom stereocenters. The molecule has 0 saturated carbocycles. The number of rotatable bonds is 5. The minimum Gasteiger partial charge on any atom is -0.372 e. The lowest BCUT2D eigenvalue weighted by Crippen LogP contribution is -2.45. The summed E-state index contributed by atoms with van der Waals surface area (Å²) in [6, 6.07) is 12.0. The Hall–Kier alpha value is -3.26. The first-order valence-electron chi connectivity index (χ1n) is 10.3. The van der Waals surface area contributed by atoms with E-state index >= 15 is 0 Å². The number of fused-ring (bicyclic) bond motifs is 1. The third-order valence-corrected chi connectivity index (χ3v) is 5.32. The van der Waals surface area contributed by atoms with Crippen molar-refractivity contribution in [2.24, 2.45) is 0 Å². The number of para-hydroxylation sites is 1. The lowest BCUT2D eigenvalue weighted by molar-refractivity contribution is -0.121. The fourth-order valence-corrected chi connectivity index (χ4v) is 3.97. The normalized spacial score (nSPS) is 18.9. The first-order valence-corrected chi connectivity index (χ1v) is 10.3. The van der Waals surface area contributed by atoms with E-state index in [0.29, 0.717) is 35.2 Å². The van der Waals surface area contributed by atoms with Crippen LogP contribution in [0.5, 0.6) is 0 Å². The third-order valence-electron chi connectivity index (χ3n) is 5.32. The lowest BCUT2D eigenvalue weighted by atomic mass is 10.1.